The normalized spacial score (nSPS) is 24.3. The van der Waals surface area contributed by atoms with Crippen LogP contribution >= 0.6 is 0 Å². The fourth-order valence-electron chi connectivity index (χ4n) is 1.28. The summed E-state index contributed by atoms with van der Waals surface area (Å²) in [4.78, 5) is 4.32. The van der Waals surface area contributed by atoms with Crippen LogP contribution in [-0.4, -0.2) is 23.6 Å². The highest BCUT2D eigenvalue weighted by atomic mass is 15.5. The van der Waals surface area contributed by atoms with Crippen molar-refractivity contribution < 1.29 is 0 Å². The monoisotopic (exact) mass is 151 g/mol. The minimum Gasteiger partial charge on any atom is -0.264 e. The second-order valence-corrected chi connectivity index (χ2v) is 2.67. The summed E-state index contributed by atoms with van der Waals surface area (Å²) < 4.78 is 0. The van der Waals surface area contributed by atoms with Crippen molar-refractivity contribution in [3.8, 4) is 0 Å². The molecule has 60 valence electrons. The predicted octanol–water partition coefficient (Wildman–Crippen LogP) is 1.63. The molecule has 1 heterocycles. The first-order valence-electron chi connectivity index (χ1n) is 3.63. The highest BCUT2D eigenvalue weighted by molar-refractivity contribution is 5.93. The van der Waals surface area contributed by atoms with Gasteiger partial charge in [0.2, 0.25) is 0 Å². The fraction of sp³-hybridized carbons (Fsp3) is 0.500. The Morgan fingerprint density at radius 2 is 2.27 bits per heavy atom. The van der Waals surface area contributed by atoms with E-state index in [9.17, 15) is 0 Å². The average molecular weight is 151 g/mol. The van der Waals surface area contributed by atoms with Gasteiger partial charge in [-0.1, -0.05) is 0 Å². The molecule has 1 atom stereocenters. The van der Waals surface area contributed by atoms with Crippen molar-refractivity contribution in [1.82, 2.24) is 5.01 Å². The van der Waals surface area contributed by atoms with Crippen molar-refractivity contribution in [3.05, 3.63) is 11.8 Å². The van der Waals surface area contributed by atoms with Gasteiger partial charge in [-0.3, -0.25) is 4.99 Å². The topological polar surface area (TPSA) is 28.0 Å². The molecule has 1 aliphatic heterocycles. The SMILES string of the molecule is C=NN1C(C)=CC(C)=NC1C. The zero-order chi connectivity index (χ0) is 8.43. The van der Waals surface area contributed by atoms with Crippen molar-refractivity contribution in [1.29, 1.82) is 0 Å². The van der Waals surface area contributed by atoms with Gasteiger partial charge in [-0.15, -0.1) is 0 Å². The highest BCUT2D eigenvalue weighted by Crippen LogP contribution is 2.15. The van der Waals surface area contributed by atoms with E-state index in [-0.39, 0.29) is 6.17 Å². The molecule has 3 heteroatoms. The van der Waals surface area contributed by atoms with E-state index in [1.807, 2.05) is 26.8 Å². The molecule has 0 spiro atoms. The summed E-state index contributed by atoms with van der Waals surface area (Å²) in [6, 6.07) is 0. The Balaban J connectivity index is 2.90. The van der Waals surface area contributed by atoms with Crippen LogP contribution in [-0.2, 0) is 0 Å². The van der Waals surface area contributed by atoms with Gasteiger partial charge in [-0.05, 0) is 26.8 Å². The number of hydrogen-bond acceptors (Lipinski definition) is 3. The van der Waals surface area contributed by atoms with Crippen molar-refractivity contribution in [2.75, 3.05) is 0 Å². The van der Waals surface area contributed by atoms with Crippen LogP contribution in [0.15, 0.2) is 21.9 Å². The van der Waals surface area contributed by atoms with Crippen molar-refractivity contribution in [2.24, 2.45) is 10.1 Å². The second-order valence-electron chi connectivity index (χ2n) is 2.67. The molecule has 0 amide bonds. The lowest BCUT2D eigenvalue weighted by Crippen LogP contribution is -2.28. The van der Waals surface area contributed by atoms with Gasteiger partial charge in [0, 0.05) is 18.1 Å². The number of aliphatic imine (C=N–C) groups is 1. The third-order valence-electron chi connectivity index (χ3n) is 1.68. The molecule has 0 aliphatic carbocycles. The Morgan fingerprint density at radius 1 is 1.64 bits per heavy atom. The van der Waals surface area contributed by atoms with Crippen LogP contribution in [0, 0.1) is 0 Å². The summed E-state index contributed by atoms with van der Waals surface area (Å²) in [7, 11) is 0. The summed E-state index contributed by atoms with van der Waals surface area (Å²) >= 11 is 0. The van der Waals surface area contributed by atoms with Gasteiger partial charge < -0.3 is 0 Å². The van der Waals surface area contributed by atoms with Crippen LogP contribution in [0.3, 0.4) is 0 Å². The Kier molecular flexibility index (Phi) is 2.08. The zero-order valence-electron chi connectivity index (χ0n) is 7.20. The lowest BCUT2D eigenvalue weighted by Gasteiger charge is -2.26. The quantitative estimate of drug-likeness (QED) is 0.523. The third kappa shape index (κ3) is 1.48. The largest absolute Gasteiger partial charge is 0.264 e. The number of hydrogen-bond donors (Lipinski definition) is 0. The van der Waals surface area contributed by atoms with Gasteiger partial charge in [-0.2, -0.15) is 5.10 Å². The molecule has 1 rings (SSSR count). The van der Waals surface area contributed by atoms with E-state index < -0.39 is 0 Å². The molecular weight excluding hydrogens is 138 g/mol. The zero-order valence-corrected chi connectivity index (χ0v) is 7.20. The third-order valence-corrected chi connectivity index (χ3v) is 1.68. The van der Waals surface area contributed by atoms with Crippen molar-refractivity contribution in [3.63, 3.8) is 0 Å². The Bertz CT molecular complexity index is 227. The summed E-state index contributed by atoms with van der Waals surface area (Å²) in [5.41, 5.74) is 2.15. The first-order valence-corrected chi connectivity index (χ1v) is 3.63. The average Bonchev–Trinajstić information content (AvgIpc) is 1.85. The molecule has 0 bridgehead atoms. The van der Waals surface area contributed by atoms with E-state index in [4.69, 9.17) is 0 Å². The lowest BCUT2D eigenvalue weighted by molar-refractivity contribution is 0.288. The van der Waals surface area contributed by atoms with Crippen LogP contribution in [0.2, 0.25) is 0 Å². The summed E-state index contributed by atoms with van der Waals surface area (Å²) in [5.74, 6) is 0. The summed E-state index contributed by atoms with van der Waals surface area (Å²) in [6.45, 7) is 9.46. The Morgan fingerprint density at radius 3 is 2.73 bits per heavy atom. The molecular formula is C8H13N3. The standard InChI is InChI=1S/C8H13N3/c1-6-5-7(2)11(9-4)8(3)10-6/h5,8H,4H2,1-3H3. The van der Waals surface area contributed by atoms with E-state index >= 15 is 0 Å². The molecule has 0 radical (unpaired) electrons. The number of hydrazone groups is 1. The number of rotatable bonds is 1. The van der Waals surface area contributed by atoms with Gasteiger partial charge in [-0.25, -0.2) is 5.01 Å². The van der Waals surface area contributed by atoms with Crippen LogP contribution < -0.4 is 0 Å². The molecule has 0 saturated carbocycles. The van der Waals surface area contributed by atoms with Gasteiger partial charge in [0.15, 0.2) is 0 Å². The minimum atomic E-state index is 0.0949. The molecule has 3 nitrogen and oxygen atoms in total. The van der Waals surface area contributed by atoms with Gasteiger partial charge >= 0.3 is 0 Å². The first kappa shape index (κ1) is 7.98. The van der Waals surface area contributed by atoms with Crippen molar-refractivity contribution >= 4 is 12.4 Å². The maximum atomic E-state index is 4.32. The number of allylic oxidation sites excluding steroid dienone is 2. The Labute approximate surface area is 67.1 Å². The maximum Gasteiger partial charge on any atom is 0.139 e. The van der Waals surface area contributed by atoms with Gasteiger partial charge in [0.05, 0.1) is 0 Å². The summed E-state index contributed by atoms with van der Waals surface area (Å²) in [5, 5.41) is 5.65. The molecule has 0 fully saturated rings. The summed E-state index contributed by atoms with van der Waals surface area (Å²) in [6.07, 6.45) is 2.09. The molecule has 0 aromatic rings. The molecule has 0 aromatic carbocycles. The van der Waals surface area contributed by atoms with Gasteiger partial charge in [0.1, 0.15) is 6.17 Å². The number of nitrogens with zero attached hydrogens (tertiary/aromatic N) is 3. The van der Waals surface area contributed by atoms with Crippen LogP contribution in [0.25, 0.3) is 0 Å². The van der Waals surface area contributed by atoms with Crippen LogP contribution in [0.4, 0.5) is 0 Å². The van der Waals surface area contributed by atoms with Gasteiger partial charge in [0.25, 0.3) is 0 Å². The fourth-order valence-corrected chi connectivity index (χ4v) is 1.28. The lowest BCUT2D eigenvalue weighted by atomic mass is 10.2. The minimum absolute atomic E-state index is 0.0949. The van der Waals surface area contributed by atoms with E-state index in [0.29, 0.717) is 0 Å². The first-order chi connectivity index (χ1) is 5.15. The van der Waals surface area contributed by atoms with Crippen LogP contribution in [0.5, 0.6) is 0 Å². The molecule has 0 aromatic heterocycles. The molecule has 1 aliphatic rings. The van der Waals surface area contributed by atoms with Crippen LogP contribution in [0.1, 0.15) is 20.8 Å². The maximum absolute atomic E-state index is 4.32. The van der Waals surface area contributed by atoms with E-state index in [2.05, 4.69) is 16.8 Å². The molecule has 0 saturated heterocycles. The Hall–Kier alpha value is -1.12. The second kappa shape index (κ2) is 2.86. The van der Waals surface area contributed by atoms with E-state index in [1.54, 1.807) is 5.01 Å². The smallest absolute Gasteiger partial charge is 0.139 e. The predicted molar refractivity (Wildman–Crippen MR) is 47.7 cm³/mol. The van der Waals surface area contributed by atoms with E-state index in [0.717, 1.165) is 11.4 Å². The van der Waals surface area contributed by atoms with Crippen molar-refractivity contribution in [2.45, 2.75) is 26.9 Å². The molecule has 11 heavy (non-hydrogen) atoms. The molecule has 0 N–H and O–H groups in total. The molecule has 1 unspecified atom stereocenters. The highest BCUT2D eigenvalue weighted by Gasteiger charge is 2.14. The van der Waals surface area contributed by atoms with E-state index in [1.165, 1.54) is 0 Å².